The van der Waals surface area contributed by atoms with Crippen LogP contribution in [0.3, 0.4) is 0 Å². The maximum absolute atomic E-state index is 12.5. The third-order valence-corrected chi connectivity index (χ3v) is 3.88. The van der Waals surface area contributed by atoms with Crippen molar-refractivity contribution in [1.29, 1.82) is 5.26 Å². The molecule has 2 rings (SSSR count). The summed E-state index contributed by atoms with van der Waals surface area (Å²) in [5.41, 5.74) is 0.701. The number of ether oxygens (including phenoxy) is 1. The molecule has 1 amide bonds. The summed E-state index contributed by atoms with van der Waals surface area (Å²) >= 11 is 0. The zero-order valence-corrected chi connectivity index (χ0v) is 14.0. The summed E-state index contributed by atoms with van der Waals surface area (Å²) in [4.78, 5) is 16.6. The van der Waals surface area contributed by atoms with Crippen molar-refractivity contribution in [1.82, 2.24) is 9.80 Å². The minimum absolute atomic E-state index is 0.0698. The first-order chi connectivity index (χ1) is 11.1. The second-order valence-electron chi connectivity index (χ2n) is 6.27. The van der Waals surface area contributed by atoms with Gasteiger partial charge < -0.3 is 9.64 Å². The fourth-order valence-corrected chi connectivity index (χ4v) is 2.52. The quantitative estimate of drug-likeness (QED) is 0.809. The Kier molecular flexibility index (Phi) is 6.42. The lowest BCUT2D eigenvalue weighted by Crippen LogP contribution is -2.48. The van der Waals surface area contributed by atoms with Gasteiger partial charge in [-0.05, 0) is 30.2 Å². The van der Waals surface area contributed by atoms with Crippen molar-refractivity contribution in [3.05, 3.63) is 29.8 Å². The van der Waals surface area contributed by atoms with E-state index in [9.17, 15) is 4.79 Å². The summed E-state index contributed by atoms with van der Waals surface area (Å²) in [6.07, 6.45) is 0.547. The van der Waals surface area contributed by atoms with E-state index >= 15 is 0 Å². The van der Waals surface area contributed by atoms with Gasteiger partial charge in [0.15, 0.2) is 0 Å². The molecule has 0 bridgehead atoms. The lowest BCUT2D eigenvalue weighted by atomic mass is 10.1. The van der Waals surface area contributed by atoms with Crippen LogP contribution in [0.2, 0.25) is 0 Å². The number of rotatable bonds is 6. The van der Waals surface area contributed by atoms with Crippen LogP contribution in [-0.4, -0.2) is 55.0 Å². The number of hydrogen-bond acceptors (Lipinski definition) is 4. The molecule has 5 heteroatoms. The van der Waals surface area contributed by atoms with E-state index in [1.54, 1.807) is 0 Å². The lowest BCUT2D eigenvalue weighted by molar-refractivity contribution is 0.0639. The number of carbonyl (C=O) groups is 1. The van der Waals surface area contributed by atoms with Gasteiger partial charge in [-0.3, -0.25) is 9.69 Å². The number of hydrogen-bond donors (Lipinski definition) is 0. The van der Waals surface area contributed by atoms with Crippen LogP contribution in [0.25, 0.3) is 0 Å². The van der Waals surface area contributed by atoms with E-state index in [2.05, 4.69) is 24.8 Å². The summed E-state index contributed by atoms with van der Waals surface area (Å²) in [6.45, 7) is 8.79. The van der Waals surface area contributed by atoms with Gasteiger partial charge in [-0.15, -0.1) is 0 Å². The Morgan fingerprint density at radius 3 is 2.43 bits per heavy atom. The number of carbonyl (C=O) groups excluding carboxylic acids is 1. The summed E-state index contributed by atoms with van der Waals surface area (Å²) in [5.74, 6) is 1.35. The molecule has 1 aliphatic rings. The average molecular weight is 315 g/mol. The highest BCUT2D eigenvalue weighted by molar-refractivity contribution is 5.94. The molecule has 1 aromatic carbocycles. The van der Waals surface area contributed by atoms with Gasteiger partial charge in [0.25, 0.3) is 5.91 Å². The maximum Gasteiger partial charge on any atom is 0.253 e. The Hall–Kier alpha value is -2.06. The van der Waals surface area contributed by atoms with Gasteiger partial charge in [0.1, 0.15) is 5.75 Å². The van der Waals surface area contributed by atoms with Crippen molar-refractivity contribution in [3.8, 4) is 11.8 Å². The van der Waals surface area contributed by atoms with Gasteiger partial charge in [-0.2, -0.15) is 5.26 Å². The zero-order chi connectivity index (χ0) is 16.7. The van der Waals surface area contributed by atoms with Gasteiger partial charge in [0.2, 0.25) is 0 Å². The number of amides is 1. The molecule has 1 heterocycles. The zero-order valence-electron chi connectivity index (χ0n) is 14.0. The molecular formula is C18H25N3O2. The van der Waals surface area contributed by atoms with Crippen molar-refractivity contribution in [3.63, 3.8) is 0 Å². The molecule has 124 valence electrons. The normalized spacial score (nSPS) is 15.5. The summed E-state index contributed by atoms with van der Waals surface area (Å²) in [7, 11) is 0. The fourth-order valence-electron chi connectivity index (χ4n) is 2.52. The smallest absolute Gasteiger partial charge is 0.253 e. The summed E-state index contributed by atoms with van der Waals surface area (Å²) < 4.78 is 5.64. The Morgan fingerprint density at radius 2 is 1.87 bits per heavy atom. The fraction of sp³-hybridized carbons (Fsp3) is 0.556. The lowest BCUT2D eigenvalue weighted by Gasteiger charge is -2.34. The molecule has 0 spiro atoms. The number of nitriles is 1. The van der Waals surface area contributed by atoms with E-state index in [4.69, 9.17) is 10.00 Å². The highest BCUT2D eigenvalue weighted by atomic mass is 16.5. The first kappa shape index (κ1) is 17.3. The molecule has 0 unspecified atom stereocenters. The average Bonchev–Trinajstić information content (AvgIpc) is 2.58. The monoisotopic (exact) mass is 315 g/mol. The molecule has 23 heavy (non-hydrogen) atoms. The molecule has 0 N–H and O–H groups in total. The Bertz CT molecular complexity index is 540. The van der Waals surface area contributed by atoms with Crippen LogP contribution in [0, 0.1) is 17.2 Å². The molecular weight excluding hydrogens is 290 g/mol. The van der Waals surface area contributed by atoms with Crippen molar-refractivity contribution in [2.24, 2.45) is 5.92 Å². The molecule has 0 saturated carbocycles. The number of benzene rings is 1. The van der Waals surface area contributed by atoms with Gasteiger partial charge in [0, 0.05) is 44.7 Å². The molecule has 0 radical (unpaired) electrons. The first-order valence-electron chi connectivity index (χ1n) is 8.21. The van der Waals surface area contributed by atoms with Crippen LogP contribution in [0.5, 0.6) is 5.75 Å². The van der Waals surface area contributed by atoms with Gasteiger partial charge in [-0.1, -0.05) is 13.8 Å². The highest BCUT2D eigenvalue weighted by Gasteiger charge is 2.21. The third kappa shape index (κ3) is 5.26. The molecule has 5 nitrogen and oxygen atoms in total. The van der Waals surface area contributed by atoms with E-state index in [0.29, 0.717) is 24.5 Å². The third-order valence-electron chi connectivity index (χ3n) is 3.88. The molecule has 1 saturated heterocycles. The second-order valence-corrected chi connectivity index (χ2v) is 6.27. The Labute approximate surface area is 138 Å². The van der Waals surface area contributed by atoms with E-state index in [1.165, 1.54) is 0 Å². The Balaban J connectivity index is 1.85. The van der Waals surface area contributed by atoms with Crippen LogP contribution >= 0.6 is 0 Å². The van der Waals surface area contributed by atoms with Crippen molar-refractivity contribution >= 4 is 5.91 Å². The predicted octanol–water partition coefficient (Wildman–Crippen LogP) is 2.39. The van der Waals surface area contributed by atoms with Crippen molar-refractivity contribution < 1.29 is 9.53 Å². The van der Waals surface area contributed by atoms with Crippen LogP contribution in [0.1, 0.15) is 30.6 Å². The van der Waals surface area contributed by atoms with Crippen LogP contribution in [-0.2, 0) is 0 Å². The first-order valence-corrected chi connectivity index (χ1v) is 8.21. The molecule has 0 aliphatic carbocycles. The summed E-state index contributed by atoms with van der Waals surface area (Å²) in [6, 6.07) is 9.55. The van der Waals surface area contributed by atoms with E-state index in [0.717, 1.165) is 38.5 Å². The number of nitrogens with zero attached hydrogens (tertiary/aromatic N) is 3. The van der Waals surface area contributed by atoms with E-state index < -0.39 is 0 Å². The minimum atomic E-state index is 0.0698. The maximum atomic E-state index is 12.5. The minimum Gasteiger partial charge on any atom is -0.493 e. The van der Waals surface area contributed by atoms with Crippen LogP contribution < -0.4 is 4.74 Å². The van der Waals surface area contributed by atoms with Gasteiger partial charge in [-0.25, -0.2) is 0 Å². The van der Waals surface area contributed by atoms with Gasteiger partial charge >= 0.3 is 0 Å². The van der Waals surface area contributed by atoms with Crippen LogP contribution in [0.4, 0.5) is 0 Å². The predicted molar refractivity (Wildman–Crippen MR) is 89.3 cm³/mol. The highest BCUT2D eigenvalue weighted by Crippen LogP contribution is 2.15. The molecule has 1 aromatic rings. The topological polar surface area (TPSA) is 56.6 Å². The molecule has 1 fully saturated rings. The number of piperazine rings is 1. The van der Waals surface area contributed by atoms with E-state index in [1.807, 2.05) is 29.2 Å². The van der Waals surface area contributed by atoms with Crippen LogP contribution in [0.15, 0.2) is 24.3 Å². The van der Waals surface area contributed by atoms with E-state index in [-0.39, 0.29) is 5.91 Å². The van der Waals surface area contributed by atoms with Gasteiger partial charge in [0.05, 0.1) is 12.7 Å². The Morgan fingerprint density at radius 1 is 1.22 bits per heavy atom. The van der Waals surface area contributed by atoms with Crippen molar-refractivity contribution in [2.75, 3.05) is 39.3 Å². The second kappa shape index (κ2) is 8.54. The SMILES string of the molecule is CC(C)COc1ccc(C(=O)N2CCN(CCC#N)CC2)cc1. The standard InChI is InChI=1S/C18H25N3O2/c1-15(2)14-23-17-6-4-16(5-7-17)18(22)21-12-10-20(11-13-21)9-3-8-19/h4-7,15H,3,9-14H2,1-2H3. The molecule has 0 atom stereocenters. The summed E-state index contributed by atoms with van der Waals surface area (Å²) in [5, 5.41) is 8.63. The molecule has 0 aromatic heterocycles. The molecule has 1 aliphatic heterocycles. The largest absolute Gasteiger partial charge is 0.493 e. The van der Waals surface area contributed by atoms with Crippen molar-refractivity contribution in [2.45, 2.75) is 20.3 Å².